The van der Waals surface area contributed by atoms with Crippen LogP contribution in [0.2, 0.25) is 0 Å². The molecule has 3 N–H and O–H groups in total. The first-order chi connectivity index (χ1) is 8.09. The number of hydrogen-bond donors (Lipinski definition) is 2. The molecule has 0 saturated heterocycles. The molecule has 3 nitrogen and oxygen atoms in total. The molecule has 0 spiro atoms. The van der Waals surface area contributed by atoms with Gasteiger partial charge in [-0.15, -0.1) is 0 Å². The van der Waals surface area contributed by atoms with Crippen molar-refractivity contribution in [2.45, 2.75) is 0 Å². The molecule has 0 heterocycles. The molecule has 86 valence electrons. The predicted molar refractivity (Wildman–Crippen MR) is 62.4 cm³/mol. The topological polar surface area (TPSA) is 63.3 Å². The van der Waals surface area contributed by atoms with Crippen LogP contribution in [-0.2, 0) is 0 Å². The largest absolute Gasteiger partial charge is 0.508 e. The SMILES string of the molecule is Nc1cc(O)ccc1C(=O)c1ccccc1F. The molecule has 0 aliphatic carbocycles. The lowest BCUT2D eigenvalue weighted by Crippen LogP contribution is -2.07. The second-order valence-corrected chi connectivity index (χ2v) is 3.58. The molecule has 0 atom stereocenters. The highest BCUT2D eigenvalue weighted by Gasteiger charge is 2.15. The second-order valence-electron chi connectivity index (χ2n) is 3.58. The van der Waals surface area contributed by atoms with E-state index in [1.54, 1.807) is 6.07 Å². The molecule has 0 fully saturated rings. The van der Waals surface area contributed by atoms with Gasteiger partial charge >= 0.3 is 0 Å². The average molecular weight is 231 g/mol. The summed E-state index contributed by atoms with van der Waals surface area (Å²) in [6, 6.07) is 9.66. The standard InChI is InChI=1S/C13H10FNO2/c14-11-4-2-1-3-9(11)13(17)10-6-5-8(16)7-12(10)15/h1-7,16H,15H2. The van der Waals surface area contributed by atoms with E-state index in [1.807, 2.05) is 0 Å². The van der Waals surface area contributed by atoms with Gasteiger partial charge in [0.05, 0.1) is 5.56 Å². The lowest BCUT2D eigenvalue weighted by Gasteiger charge is -2.06. The van der Waals surface area contributed by atoms with Crippen molar-refractivity contribution in [2.24, 2.45) is 0 Å². The third-order valence-electron chi connectivity index (χ3n) is 2.40. The van der Waals surface area contributed by atoms with Gasteiger partial charge in [-0.05, 0) is 24.3 Å². The number of hydrogen-bond acceptors (Lipinski definition) is 3. The van der Waals surface area contributed by atoms with Crippen LogP contribution in [0.25, 0.3) is 0 Å². The Hall–Kier alpha value is -2.36. The van der Waals surface area contributed by atoms with Crippen LogP contribution in [0.5, 0.6) is 5.75 Å². The van der Waals surface area contributed by atoms with E-state index < -0.39 is 11.6 Å². The Kier molecular flexibility index (Phi) is 2.78. The molecule has 0 aromatic heterocycles. The van der Waals surface area contributed by atoms with Crippen molar-refractivity contribution in [1.29, 1.82) is 0 Å². The van der Waals surface area contributed by atoms with Crippen LogP contribution in [0.3, 0.4) is 0 Å². The van der Waals surface area contributed by atoms with Crippen molar-refractivity contribution in [3.63, 3.8) is 0 Å². The summed E-state index contributed by atoms with van der Waals surface area (Å²) in [4.78, 5) is 12.0. The highest BCUT2D eigenvalue weighted by atomic mass is 19.1. The van der Waals surface area contributed by atoms with Gasteiger partial charge in [-0.3, -0.25) is 4.79 Å². The maximum Gasteiger partial charge on any atom is 0.198 e. The first-order valence-corrected chi connectivity index (χ1v) is 4.97. The van der Waals surface area contributed by atoms with Crippen LogP contribution in [0.15, 0.2) is 42.5 Å². The molecular formula is C13H10FNO2. The minimum Gasteiger partial charge on any atom is -0.508 e. The van der Waals surface area contributed by atoms with Gasteiger partial charge in [0, 0.05) is 17.3 Å². The Morgan fingerprint density at radius 2 is 1.82 bits per heavy atom. The van der Waals surface area contributed by atoms with Gasteiger partial charge in [0.1, 0.15) is 11.6 Å². The zero-order valence-electron chi connectivity index (χ0n) is 8.85. The smallest absolute Gasteiger partial charge is 0.198 e. The average Bonchev–Trinajstić information content (AvgIpc) is 2.29. The number of carbonyl (C=O) groups is 1. The minimum absolute atomic E-state index is 0.0346. The third kappa shape index (κ3) is 2.10. The molecule has 17 heavy (non-hydrogen) atoms. The number of benzene rings is 2. The molecule has 2 aromatic carbocycles. The van der Waals surface area contributed by atoms with E-state index >= 15 is 0 Å². The van der Waals surface area contributed by atoms with Crippen molar-refractivity contribution >= 4 is 11.5 Å². The monoisotopic (exact) mass is 231 g/mol. The van der Waals surface area contributed by atoms with Gasteiger partial charge in [0.15, 0.2) is 5.78 Å². The molecule has 4 heteroatoms. The molecule has 0 aliphatic rings. The van der Waals surface area contributed by atoms with Gasteiger partial charge < -0.3 is 10.8 Å². The summed E-state index contributed by atoms with van der Waals surface area (Å²) >= 11 is 0. The molecule has 0 radical (unpaired) electrons. The zero-order chi connectivity index (χ0) is 12.4. The Morgan fingerprint density at radius 1 is 1.12 bits per heavy atom. The van der Waals surface area contributed by atoms with Crippen LogP contribution in [0.1, 0.15) is 15.9 Å². The number of phenols is 1. The molecule has 0 saturated carbocycles. The number of carbonyl (C=O) groups excluding carboxylic acids is 1. The lowest BCUT2D eigenvalue weighted by molar-refractivity contribution is 0.103. The number of anilines is 1. The molecule has 0 unspecified atom stereocenters. The van der Waals surface area contributed by atoms with Crippen molar-refractivity contribution in [1.82, 2.24) is 0 Å². The van der Waals surface area contributed by atoms with Crippen molar-refractivity contribution in [3.8, 4) is 5.75 Å². The van der Waals surface area contributed by atoms with E-state index in [1.165, 1.54) is 36.4 Å². The summed E-state index contributed by atoms with van der Waals surface area (Å²) in [5, 5.41) is 9.18. The number of rotatable bonds is 2. The lowest BCUT2D eigenvalue weighted by atomic mass is 10.0. The van der Waals surface area contributed by atoms with Crippen LogP contribution in [-0.4, -0.2) is 10.9 Å². The number of nitrogen functional groups attached to an aromatic ring is 1. The number of aromatic hydroxyl groups is 1. The van der Waals surface area contributed by atoms with Crippen LogP contribution >= 0.6 is 0 Å². The van der Waals surface area contributed by atoms with Crippen LogP contribution in [0.4, 0.5) is 10.1 Å². The Morgan fingerprint density at radius 3 is 2.47 bits per heavy atom. The number of ketones is 1. The fraction of sp³-hybridized carbons (Fsp3) is 0. The highest BCUT2D eigenvalue weighted by molar-refractivity contribution is 6.12. The quantitative estimate of drug-likeness (QED) is 0.616. The summed E-state index contributed by atoms with van der Waals surface area (Å²) in [5.74, 6) is -1.13. The second kappa shape index (κ2) is 4.25. The van der Waals surface area contributed by atoms with Gasteiger partial charge in [0.2, 0.25) is 0 Å². The van der Waals surface area contributed by atoms with Gasteiger partial charge in [-0.2, -0.15) is 0 Å². The molecule has 2 rings (SSSR count). The Labute approximate surface area is 97.3 Å². The van der Waals surface area contributed by atoms with E-state index in [0.29, 0.717) is 0 Å². The predicted octanol–water partition coefficient (Wildman–Crippen LogP) is 2.34. The van der Waals surface area contributed by atoms with Crippen LogP contribution in [0, 0.1) is 5.82 Å². The van der Waals surface area contributed by atoms with E-state index in [0.717, 1.165) is 0 Å². The summed E-state index contributed by atoms with van der Waals surface area (Å²) in [5.41, 5.74) is 5.87. The third-order valence-corrected chi connectivity index (χ3v) is 2.40. The summed E-state index contributed by atoms with van der Waals surface area (Å²) in [6.45, 7) is 0. The Balaban J connectivity index is 2.48. The number of phenolic OH excluding ortho intramolecular Hbond substituents is 1. The molecular weight excluding hydrogens is 221 g/mol. The van der Waals surface area contributed by atoms with E-state index in [2.05, 4.69) is 0 Å². The van der Waals surface area contributed by atoms with E-state index in [4.69, 9.17) is 5.73 Å². The summed E-state index contributed by atoms with van der Waals surface area (Å²) < 4.78 is 13.4. The van der Waals surface area contributed by atoms with Gasteiger partial charge in [0.25, 0.3) is 0 Å². The minimum atomic E-state index is -0.593. The van der Waals surface area contributed by atoms with E-state index in [9.17, 15) is 14.3 Å². The first-order valence-electron chi connectivity index (χ1n) is 4.97. The molecule has 0 bridgehead atoms. The van der Waals surface area contributed by atoms with Crippen molar-refractivity contribution in [3.05, 3.63) is 59.4 Å². The highest BCUT2D eigenvalue weighted by Crippen LogP contribution is 2.22. The fourth-order valence-corrected chi connectivity index (χ4v) is 1.55. The number of halogens is 1. The molecule has 0 amide bonds. The maximum absolute atomic E-state index is 13.4. The van der Waals surface area contributed by atoms with Crippen molar-refractivity contribution < 1.29 is 14.3 Å². The van der Waals surface area contributed by atoms with E-state index in [-0.39, 0.29) is 22.6 Å². The zero-order valence-corrected chi connectivity index (χ0v) is 8.85. The normalized spacial score (nSPS) is 10.2. The number of nitrogens with two attached hydrogens (primary N) is 1. The summed E-state index contributed by atoms with van der Waals surface area (Å²) in [7, 11) is 0. The first kappa shape index (κ1) is 11.1. The van der Waals surface area contributed by atoms with Gasteiger partial charge in [-0.25, -0.2) is 4.39 Å². The van der Waals surface area contributed by atoms with Gasteiger partial charge in [-0.1, -0.05) is 12.1 Å². The molecule has 0 aliphatic heterocycles. The molecule has 2 aromatic rings. The van der Waals surface area contributed by atoms with Crippen molar-refractivity contribution in [2.75, 3.05) is 5.73 Å². The Bertz CT molecular complexity index is 581. The summed E-state index contributed by atoms with van der Waals surface area (Å²) in [6.07, 6.45) is 0. The van der Waals surface area contributed by atoms with Crippen LogP contribution < -0.4 is 5.73 Å². The fourth-order valence-electron chi connectivity index (χ4n) is 1.55. The maximum atomic E-state index is 13.4.